The van der Waals surface area contributed by atoms with Gasteiger partial charge in [-0.25, -0.2) is 4.39 Å². The minimum atomic E-state index is -0.702. The van der Waals surface area contributed by atoms with E-state index in [1.54, 1.807) is 11.0 Å². The Morgan fingerprint density at radius 2 is 1.91 bits per heavy atom. The van der Waals surface area contributed by atoms with Crippen LogP contribution in [0.25, 0.3) is 0 Å². The van der Waals surface area contributed by atoms with Gasteiger partial charge in [0.25, 0.3) is 5.91 Å². The Labute approximate surface area is 134 Å². The summed E-state index contributed by atoms with van der Waals surface area (Å²) in [7, 11) is 0. The van der Waals surface area contributed by atoms with Crippen molar-refractivity contribution in [2.75, 3.05) is 18.0 Å². The van der Waals surface area contributed by atoms with Crippen LogP contribution in [0, 0.1) is 5.82 Å². The van der Waals surface area contributed by atoms with Gasteiger partial charge in [-0.2, -0.15) is 0 Å². The summed E-state index contributed by atoms with van der Waals surface area (Å²) in [5, 5.41) is 0. The molecule has 120 valence electrons. The third-order valence-electron chi connectivity index (χ3n) is 3.89. The van der Waals surface area contributed by atoms with E-state index < -0.39 is 6.10 Å². The van der Waals surface area contributed by atoms with Gasteiger partial charge in [0.05, 0.1) is 5.69 Å². The van der Waals surface area contributed by atoms with Gasteiger partial charge in [-0.05, 0) is 31.5 Å². The van der Waals surface area contributed by atoms with Gasteiger partial charge in [0, 0.05) is 18.2 Å². The van der Waals surface area contributed by atoms with Crippen LogP contribution in [0.5, 0.6) is 5.75 Å². The molecule has 1 aliphatic heterocycles. The topological polar surface area (TPSA) is 55.6 Å². The minimum Gasteiger partial charge on any atom is -0.474 e. The maximum absolute atomic E-state index is 13.6. The Morgan fingerprint density at radius 1 is 1.13 bits per heavy atom. The molecule has 0 aliphatic carbocycles. The molecule has 0 saturated heterocycles. The molecule has 2 aromatic carbocycles. The first-order valence-electron chi connectivity index (χ1n) is 7.73. The van der Waals surface area contributed by atoms with Crippen LogP contribution < -0.4 is 15.4 Å². The van der Waals surface area contributed by atoms with Crippen molar-refractivity contribution >= 4 is 11.6 Å². The predicted molar refractivity (Wildman–Crippen MR) is 86.9 cm³/mol. The first-order chi connectivity index (χ1) is 11.2. The number of halogens is 1. The Hall–Kier alpha value is -2.40. The SMILES string of the molecule is NCCCCN1C(=O)C(c2ccccc2)Oc2ccc(F)cc21. The highest BCUT2D eigenvalue weighted by Gasteiger charge is 2.35. The molecule has 1 unspecified atom stereocenters. The summed E-state index contributed by atoms with van der Waals surface area (Å²) in [5.74, 6) is -0.0407. The fourth-order valence-corrected chi connectivity index (χ4v) is 2.72. The zero-order chi connectivity index (χ0) is 16.2. The van der Waals surface area contributed by atoms with Gasteiger partial charge >= 0.3 is 0 Å². The third-order valence-corrected chi connectivity index (χ3v) is 3.89. The van der Waals surface area contributed by atoms with E-state index in [9.17, 15) is 9.18 Å². The lowest BCUT2D eigenvalue weighted by Crippen LogP contribution is -2.41. The molecule has 2 aromatic rings. The van der Waals surface area contributed by atoms with E-state index in [0.717, 1.165) is 18.4 Å². The van der Waals surface area contributed by atoms with Crippen molar-refractivity contribution in [3.05, 3.63) is 59.9 Å². The number of hydrogen-bond acceptors (Lipinski definition) is 3. The average molecular weight is 314 g/mol. The summed E-state index contributed by atoms with van der Waals surface area (Å²) in [6.07, 6.45) is 0.873. The van der Waals surface area contributed by atoms with Gasteiger partial charge in [-0.3, -0.25) is 4.79 Å². The number of hydrogen-bond donors (Lipinski definition) is 1. The molecule has 1 aliphatic rings. The van der Waals surface area contributed by atoms with Gasteiger partial charge < -0.3 is 15.4 Å². The lowest BCUT2D eigenvalue weighted by atomic mass is 10.0. The van der Waals surface area contributed by atoms with Crippen molar-refractivity contribution in [3.63, 3.8) is 0 Å². The van der Waals surface area contributed by atoms with Crippen molar-refractivity contribution in [3.8, 4) is 5.75 Å². The van der Waals surface area contributed by atoms with Gasteiger partial charge in [0.1, 0.15) is 11.6 Å². The van der Waals surface area contributed by atoms with Crippen molar-refractivity contribution in [2.24, 2.45) is 5.73 Å². The smallest absolute Gasteiger partial charge is 0.272 e. The Kier molecular flexibility index (Phi) is 4.57. The Balaban J connectivity index is 1.95. The fourth-order valence-electron chi connectivity index (χ4n) is 2.72. The van der Waals surface area contributed by atoms with Crippen LogP contribution in [-0.2, 0) is 4.79 Å². The Morgan fingerprint density at radius 3 is 2.65 bits per heavy atom. The molecule has 0 aromatic heterocycles. The molecular formula is C18H19FN2O2. The van der Waals surface area contributed by atoms with Crippen molar-refractivity contribution in [2.45, 2.75) is 18.9 Å². The standard InChI is InChI=1S/C18H19FN2O2/c19-14-8-9-16-15(12-14)21(11-5-4-10-20)18(22)17(23-16)13-6-2-1-3-7-13/h1-3,6-9,12,17H,4-5,10-11,20H2. The number of rotatable bonds is 5. The molecule has 3 rings (SSSR count). The summed E-state index contributed by atoms with van der Waals surface area (Å²) in [6.45, 7) is 1.07. The van der Waals surface area contributed by atoms with Crippen molar-refractivity contribution in [1.29, 1.82) is 0 Å². The summed E-state index contributed by atoms with van der Waals surface area (Å²) >= 11 is 0. The highest BCUT2D eigenvalue weighted by atomic mass is 19.1. The number of amides is 1. The van der Waals surface area contributed by atoms with E-state index in [0.29, 0.717) is 24.5 Å². The summed E-state index contributed by atoms with van der Waals surface area (Å²) in [5.41, 5.74) is 6.80. The number of ether oxygens (including phenoxy) is 1. The number of nitrogens with two attached hydrogens (primary N) is 1. The summed E-state index contributed by atoms with van der Waals surface area (Å²) < 4.78 is 19.4. The van der Waals surface area contributed by atoms with Gasteiger partial charge in [0.15, 0.2) is 0 Å². The average Bonchev–Trinajstić information content (AvgIpc) is 2.57. The number of anilines is 1. The van der Waals surface area contributed by atoms with Crippen LogP contribution in [0.2, 0.25) is 0 Å². The van der Waals surface area contributed by atoms with Crippen molar-refractivity contribution in [1.82, 2.24) is 0 Å². The van der Waals surface area contributed by atoms with Crippen LogP contribution in [0.1, 0.15) is 24.5 Å². The van der Waals surface area contributed by atoms with Gasteiger partial charge in [0.2, 0.25) is 6.10 Å². The molecule has 0 radical (unpaired) electrons. The second-order valence-corrected chi connectivity index (χ2v) is 5.51. The number of unbranched alkanes of at least 4 members (excludes halogenated alkanes) is 1. The first kappa shape index (κ1) is 15.5. The second-order valence-electron chi connectivity index (χ2n) is 5.51. The van der Waals surface area contributed by atoms with E-state index in [4.69, 9.17) is 10.5 Å². The molecule has 4 nitrogen and oxygen atoms in total. The number of fused-ring (bicyclic) bond motifs is 1. The molecule has 23 heavy (non-hydrogen) atoms. The van der Waals surface area contributed by atoms with E-state index in [1.807, 2.05) is 30.3 Å². The maximum Gasteiger partial charge on any atom is 0.272 e. The molecule has 1 heterocycles. The van der Waals surface area contributed by atoms with E-state index in [2.05, 4.69) is 0 Å². The molecule has 1 atom stereocenters. The quantitative estimate of drug-likeness (QED) is 0.863. The number of carbonyl (C=O) groups excluding carboxylic acids is 1. The second kappa shape index (κ2) is 6.79. The monoisotopic (exact) mass is 314 g/mol. The maximum atomic E-state index is 13.6. The predicted octanol–water partition coefficient (Wildman–Crippen LogP) is 3.03. The van der Waals surface area contributed by atoms with Crippen LogP contribution in [0.15, 0.2) is 48.5 Å². The molecule has 0 spiro atoms. The molecule has 0 saturated carbocycles. The molecule has 0 fully saturated rings. The number of nitrogens with zero attached hydrogens (tertiary/aromatic N) is 1. The largest absolute Gasteiger partial charge is 0.474 e. The normalized spacial score (nSPS) is 16.9. The van der Waals surface area contributed by atoms with E-state index >= 15 is 0 Å². The molecule has 5 heteroatoms. The fraction of sp³-hybridized carbons (Fsp3) is 0.278. The minimum absolute atomic E-state index is 0.175. The molecule has 1 amide bonds. The van der Waals surface area contributed by atoms with Crippen LogP contribution >= 0.6 is 0 Å². The van der Waals surface area contributed by atoms with Gasteiger partial charge in [-0.1, -0.05) is 30.3 Å². The number of carbonyl (C=O) groups is 1. The molecular weight excluding hydrogens is 295 g/mol. The lowest BCUT2D eigenvalue weighted by molar-refractivity contribution is -0.126. The first-order valence-corrected chi connectivity index (χ1v) is 7.73. The highest BCUT2D eigenvalue weighted by molar-refractivity contribution is 6.00. The molecule has 0 bridgehead atoms. The zero-order valence-corrected chi connectivity index (χ0v) is 12.7. The van der Waals surface area contributed by atoms with E-state index in [-0.39, 0.29) is 11.7 Å². The number of benzene rings is 2. The van der Waals surface area contributed by atoms with Crippen molar-refractivity contribution < 1.29 is 13.9 Å². The zero-order valence-electron chi connectivity index (χ0n) is 12.7. The van der Waals surface area contributed by atoms with Crippen LogP contribution in [0.3, 0.4) is 0 Å². The van der Waals surface area contributed by atoms with Gasteiger partial charge in [-0.15, -0.1) is 0 Å². The highest BCUT2D eigenvalue weighted by Crippen LogP contribution is 2.39. The summed E-state index contributed by atoms with van der Waals surface area (Å²) in [4.78, 5) is 14.4. The summed E-state index contributed by atoms with van der Waals surface area (Å²) in [6, 6.07) is 13.6. The lowest BCUT2D eigenvalue weighted by Gasteiger charge is -2.34. The molecule has 2 N–H and O–H groups in total. The van der Waals surface area contributed by atoms with E-state index in [1.165, 1.54) is 12.1 Å². The Bertz CT molecular complexity index is 691. The van der Waals surface area contributed by atoms with Crippen LogP contribution in [0.4, 0.5) is 10.1 Å². The third kappa shape index (κ3) is 3.19. The van der Waals surface area contributed by atoms with Crippen LogP contribution in [-0.4, -0.2) is 19.0 Å².